The zero-order valence-corrected chi connectivity index (χ0v) is 17.0. The smallest absolute Gasteiger partial charge is 0.349 e. The molecule has 2 aromatic heterocycles. The van der Waals surface area contributed by atoms with Crippen LogP contribution in [0, 0.1) is 13.8 Å². The van der Waals surface area contributed by atoms with Crippen molar-refractivity contribution >= 4 is 17.1 Å². The van der Waals surface area contributed by atoms with E-state index in [2.05, 4.69) is 14.7 Å². The maximum atomic E-state index is 12.6. The molecule has 0 aliphatic rings. The number of nitrogens with one attached hydrogen (secondary N) is 1. The highest BCUT2D eigenvalue weighted by Gasteiger charge is 2.11. The van der Waals surface area contributed by atoms with Crippen molar-refractivity contribution in [1.29, 1.82) is 0 Å². The second-order valence-electron chi connectivity index (χ2n) is 6.93. The van der Waals surface area contributed by atoms with Gasteiger partial charge in [-0.2, -0.15) is 5.10 Å². The molecule has 0 aliphatic heterocycles. The molecule has 0 aliphatic carbocycles. The zero-order chi connectivity index (χ0) is 21.3. The van der Waals surface area contributed by atoms with Crippen molar-refractivity contribution < 1.29 is 4.74 Å². The van der Waals surface area contributed by atoms with Crippen molar-refractivity contribution in [2.24, 2.45) is 5.10 Å². The van der Waals surface area contributed by atoms with Crippen LogP contribution < -0.4 is 16.0 Å². The van der Waals surface area contributed by atoms with Gasteiger partial charge >= 0.3 is 5.69 Å². The van der Waals surface area contributed by atoms with E-state index in [1.807, 2.05) is 51.1 Å². The Balaban J connectivity index is 1.72. The summed E-state index contributed by atoms with van der Waals surface area (Å²) in [7, 11) is 0. The summed E-state index contributed by atoms with van der Waals surface area (Å²) in [4.78, 5) is 27.6. The number of hydrogen-bond donors (Lipinski definition) is 1. The van der Waals surface area contributed by atoms with Crippen LogP contribution in [0.15, 0.2) is 69.3 Å². The Hall–Kier alpha value is -3.87. The Morgan fingerprint density at radius 1 is 1.07 bits per heavy atom. The van der Waals surface area contributed by atoms with Gasteiger partial charge in [0.2, 0.25) is 0 Å². The number of H-pyrrole nitrogens is 1. The molecule has 4 aromatic rings. The number of aryl methyl sites for hydroxylation is 1. The van der Waals surface area contributed by atoms with Crippen LogP contribution in [0.1, 0.15) is 23.9 Å². The Kier molecular flexibility index (Phi) is 5.10. The molecule has 30 heavy (non-hydrogen) atoms. The molecule has 0 saturated heterocycles. The number of fused-ring (bicyclic) bond motifs is 1. The number of hydrogen-bond acceptors (Lipinski definition) is 4. The van der Waals surface area contributed by atoms with Gasteiger partial charge in [0.25, 0.3) is 5.56 Å². The summed E-state index contributed by atoms with van der Waals surface area (Å²) in [6, 6.07) is 16.7. The highest BCUT2D eigenvalue weighted by molar-refractivity contribution is 5.82. The number of aromatic nitrogens is 3. The Bertz CT molecular complexity index is 1360. The van der Waals surface area contributed by atoms with E-state index in [9.17, 15) is 9.59 Å². The summed E-state index contributed by atoms with van der Waals surface area (Å²) in [5.74, 6) is 0.820. The fourth-order valence-electron chi connectivity index (χ4n) is 3.55. The number of benzene rings is 2. The van der Waals surface area contributed by atoms with Crippen LogP contribution in [-0.2, 0) is 0 Å². The second kappa shape index (κ2) is 7.87. The van der Waals surface area contributed by atoms with Gasteiger partial charge in [0.1, 0.15) is 5.75 Å². The predicted molar refractivity (Wildman–Crippen MR) is 118 cm³/mol. The van der Waals surface area contributed by atoms with Crippen molar-refractivity contribution in [2.75, 3.05) is 6.61 Å². The quantitative estimate of drug-likeness (QED) is 0.520. The summed E-state index contributed by atoms with van der Waals surface area (Å²) in [5, 5.41) is 4.59. The largest absolute Gasteiger partial charge is 0.494 e. The van der Waals surface area contributed by atoms with E-state index in [1.165, 1.54) is 0 Å². The lowest BCUT2D eigenvalue weighted by Crippen LogP contribution is -2.32. The Labute approximate surface area is 172 Å². The molecule has 2 aromatic carbocycles. The lowest BCUT2D eigenvalue weighted by molar-refractivity contribution is 0.340. The molecule has 0 spiro atoms. The summed E-state index contributed by atoms with van der Waals surface area (Å²) < 4.78 is 8.45. The molecule has 0 unspecified atom stereocenters. The highest BCUT2D eigenvalue weighted by atomic mass is 16.5. The first-order valence-electron chi connectivity index (χ1n) is 9.70. The van der Waals surface area contributed by atoms with Crippen LogP contribution in [-0.4, -0.2) is 27.0 Å². The highest BCUT2D eigenvalue weighted by Crippen LogP contribution is 2.22. The van der Waals surface area contributed by atoms with Crippen LogP contribution in [0.2, 0.25) is 0 Å². The van der Waals surface area contributed by atoms with Gasteiger partial charge in [-0.05, 0) is 63.2 Å². The number of nitrogens with zero attached hydrogens (tertiary/aromatic N) is 3. The van der Waals surface area contributed by atoms with E-state index >= 15 is 0 Å². The molecule has 0 bridgehead atoms. The van der Waals surface area contributed by atoms with Crippen LogP contribution in [0.25, 0.3) is 16.6 Å². The standard InChI is InChI=1S/C23H22N4O3/c1-4-30-19-11-9-18(10-12-19)26-15(2)13-17(16(26)3)14-24-27-22(28)20-7-5-6-8-21(20)25-23(27)29/h5-14H,4H2,1-3H3,(H,25,29). The lowest BCUT2D eigenvalue weighted by atomic mass is 10.2. The monoisotopic (exact) mass is 402 g/mol. The molecule has 152 valence electrons. The first kappa shape index (κ1) is 19.4. The van der Waals surface area contributed by atoms with E-state index in [-0.39, 0.29) is 0 Å². The second-order valence-corrected chi connectivity index (χ2v) is 6.93. The Morgan fingerprint density at radius 3 is 2.53 bits per heavy atom. The summed E-state index contributed by atoms with van der Waals surface area (Å²) in [6.07, 6.45) is 1.54. The van der Waals surface area contributed by atoms with Gasteiger partial charge in [0.15, 0.2) is 0 Å². The molecule has 2 heterocycles. The third kappa shape index (κ3) is 3.45. The zero-order valence-electron chi connectivity index (χ0n) is 17.0. The van der Waals surface area contributed by atoms with E-state index < -0.39 is 11.2 Å². The molecule has 0 fully saturated rings. The van der Waals surface area contributed by atoms with E-state index in [1.54, 1.807) is 30.5 Å². The van der Waals surface area contributed by atoms with Crippen LogP contribution in [0.3, 0.4) is 0 Å². The van der Waals surface area contributed by atoms with E-state index in [4.69, 9.17) is 4.74 Å². The SMILES string of the molecule is CCOc1ccc(-n2c(C)cc(C=Nn3c(=O)[nH]c4ccccc4c3=O)c2C)cc1. The normalized spacial score (nSPS) is 11.4. The first-order chi connectivity index (χ1) is 14.5. The number of rotatable bonds is 5. The van der Waals surface area contributed by atoms with E-state index in [0.29, 0.717) is 17.5 Å². The minimum absolute atomic E-state index is 0.411. The van der Waals surface area contributed by atoms with Gasteiger partial charge in [-0.1, -0.05) is 12.1 Å². The third-order valence-corrected chi connectivity index (χ3v) is 4.97. The van der Waals surface area contributed by atoms with Crippen molar-refractivity contribution in [3.8, 4) is 11.4 Å². The Morgan fingerprint density at radius 2 is 1.80 bits per heavy atom. The summed E-state index contributed by atoms with van der Waals surface area (Å²) in [5.41, 5.74) is 3.24. The van der Waals surface area contributed by atoms with Crippen LogP contribution >= 0.6 is 0 Å². The number of aromatic amines is 1. The van der Waals surface area contributed by atoms with E-state index in [0.717, 1.165) is 33.1 Å². The minimum atomic E-state index is -0.574. The first-order valence-corrected chi connectivity index (χ1v) is 9.70. The van der Waals surface area contributed by atoms with Gasteiger partial charge in [-0.3, -0.25) is 4.79 Å². The fourth-order valence-corrected chi connectivity index (χ4v) is 3.55. The number of para-hydroxylation sites is 1. The lowest BCUT2D eigenvalue weighted by Gasteiger charge is -2.10. The molecule has 0 atom stereocenters. The number of ether oxygens (including phenoxy) is 1. The maximum Gasteiger partial charge on any atom is 0.349 e. The van der Waals surface area contributed by atoms with Crippen LogP contribution in [0.4, 0.5) is 0 Å². The molecular weight excluding hydrogens is 380 g/mol. The maximum absolute atomic E-state index is 12.6. The molecule has 4 rings (SSSR count). The van der Waals surface area contributed by atoms with Gasteiger partial charge in [-0.15, -0.1) is 4.68 Å². The molecule has 0 saturated carbocycles. The van der Waals surface area contributed by atoms with Crippen molar-refractivity contribution in [2.45, 2.75) is 20.8 Å². The van der Waals surface area contributed by atoms with Gasteiger partial charge in [0.05, 0.1) is 23.7 Å². The molecular formula is C23H22N4O3. The predicted octanol–water partition coefficient (Wildman–Crippen LogP) is 3.38. The average Bonchev–Trinajstić information content (AvgIpc) is 3.02. The molecule has 0 radical (unpaired) electrons. The van der Waals surface area contributed by atoms with Gasteiger partial charge < -0.3 is 14.3 Å². The molecule has 7 heteroatoms. The van der Waals surface area contributed by atoms with Crippen molar-refractivity contribution in [3.63, 3.8) is 0 Å². The van der Waals surface area contributed by atoms with Crippen molar-refractivity contribution in [3.05, 3.63) is 92.4 Å². The average molecular weight is 402 g/mol. The topological polar surface area (TPSA) is 81.4 Å². The third-order valence-electron chi connectivity index (χ3n) is 4.97. The fraction of sp³-hybridized carbons (Fsp3) is 0.174. The summed E-state index contributed by atoms with van der Waals surface area (Å²) in [6.45, 7) is 6.54. The minimum Gasteiger partial charge on any atom is -0.494 e. The van der Waals surface area contributed by atoms with Gasteiger partial charge in [-0.25, -0.2) is 4.79 Å². The van der Waals surface area contributed by atoms with Gasteiger partial charge in [0, 0.05) is 22.6 Å². The summed E-state index contributed by atoms with van der Waals surface area (Å²) >= 11 is 0. The molecule has 0 amide bonds. The molecule has 1 N–H and O–H groups in total. The van der Waals surface area contributed by atoms with Crippen LogP contribution in [0.5, 0.6) is 5.75 Å². The molecule has 7 nitrogen and oxygen atoms in total. The van der Waals surface area contributed by atoms with Crippen molar-refractivity contribution in [1.82, 2.24) is 14.2 Å².